The first kappa shape index (κ1) is 14.7. The van der Waals surface area contributed by atoms with E-state index in [1.54, 1.807) is 6.92 Å². The molecule has 2 rings (SSSR count). The summed E-state index contributed by atoms with van der Waals surface area (Å²) in [7, 11) is -3.60. The summed E-state index contributed by atoms with van der Waals surface area (Å²) in [6.45, 7) is 6.21. The molecule has 1 aromatic rings. The van der Waals surface area contributed by atoms with Crippen LogP contribution in [-0.2, 0) is 10.0 Å². The van der Waals surface area contributed by atoms with Crippen molar-refractivity contribution in [1.29, 1.82) is 0 Å². The van der Waals surface area contributed by atoms with Crippen molar-refractivity contribution in [2.45, 2.75) is 36.9 Å². The number of likely N-dealkylation sites (tertiary alicyclic amines) is 1. The highest BCUT2D eigenvalue weighted by atomic mass is 32.2. The summed E-state index contributed by atoms with van der Waals surface area (Å²) in [4.78, 5) is 15.6. The van der Waals surface area contributed by atoms with Crippen molar-refractivity contribution in [3.63, 3.8) is 0 Å². The van der Waals surface area contributed by atoms with Gasteiger partial charge in [-0.2, -0.15) is 0 Å². The minimum absolute atomic E-state index is 0.0887. The van der Waals surface area contributed by atoms with Crippen molar-refractivity contribution in [3.8, 4) is 0 Å². The normalized spacial score (nSPS) is 18.8. The van der Waals surface area contributed by atoms with E-state index in [0.29, 0.717) is 12.2 Å². The van der Waals surface area contributed by atoms with Crippen LogP contribution in [0.25, 0.3) is 0 Å². The zero-order valence-electron chi connectivity index (χ0n) is 11.1. The summed E-state index contributed by atoms with van der Waals surface area (Å²) in [5.74, 6) is 0. The van der Waals surface area contributed by atoms with Crippen molar-refractivity contribution in [3.05, 3.63) is 15.4 Å². The lowest BCUT2D eigenvalue weighted by Crippen LogP contribution is -2.40. The average Bonchev–Trinajstić information content (AvgIpc) is 2.87. The highest BCUT2D eigenvalue weighted by Gasteiger charge is 2.24. The molecule has 1 saturated heterocycles. The number of thiazole rings is 1. The highest BCUT2D eigenvalue weighted by molar-refractivity contribution is 7.91. The monoisotopic (exact) mass is 305 g/mol. The van der Waals surface area contributed by atoms with E-state index >= 15 is 0 Å². The Hall–Kier alpha value is -0.700. The average molecular weight is 305 g/mol. The second-order valence-electron chi connectivity index (χ2n) is 4.96. The van der Waals surface area contributed by atoms with Crippen LogP contribution in [0.1, 0.15) is 25.5 Å². The number of H-pyrrole nitrogens is 1. The molecule has 2 heterocycles. The number of sulfonamides is 1. The van der Waals surface area contributed by atoms with Gasteiger partial charge in [0.15, 0.2) is 4.21 Å². The second-order valence-corrected chi connectivity index (χ2v) is 7.85. The van der Waals surface area contributed by atoms with E-state index in [-0.39, 0.29) is 15.1 Å². The van der Waals surface area contributed by atoms with Crippen molar-refractivity contribution in [2.75, 3.05) is 19.6 Å². The molecule has 1 aliphatic heterocycles. The molecular formula is C11H19N3O3S2. The van der Waals surface area contributed by atoms with Gasteiger partial charge in [-0.15, -0.1) is 0 Å². The first-order valence-corrected chi connectivity index (χ1v) is 8.63. The third-order valence-electron chi connectivity index (χ3n) is 3.11. The lowest BCUT2D eigenvalue weighted by atomic mass is 10.3. The fraction of sp³-hybridized carbons (Fsp3) is 0.727. The van der Waals surface area contributed by atoms with Crippen LogP contribution < -0.4 is 9.60 Å². The zero-order valence-corrected chi connectivity index (χ0v) is 12.7. The van der Waals surface area contributed by atoms with E-state index in [2.05, 4.69) is 14.6 Å². The largest absolute Gasteiger partial charge is 0.315 e. The molecule has 1 unspecified atom stereocenters. The molecule has 1 aliphatic rings. The Balaban J connectivity index is 2.04. The van der Waals surface area contributed by atoms with Gasteiger partial charge < -0.3 is 9.88 Å². The number of nitrogens with one attached hydrogen (secondary N) is 2. The molecule has 0 aliphatic carbocycles. The minimum atomic E-state index is -3.60. The van der Waals surface area contributed by atoms with Gasteiger partial charge in [0.1, 0.15) is 0 Å². The van der Waals surface area contributed by atoms with Gasteiger partial charge in [-0.25, -0.2) is 13.1 Å². The van der Waals surface area contributed by atoms with Crippen LogP contribution in [0.2, 0.25) is 0 Å². The van der Waals surface area contributed by atoms with Crippen LogP contribution in [0.15, 0.2) is 9.00 Å². The maximum atomic E-state index is 12.2. The maximum Gasteiger partial charge on any atom is 0.305 e. The number of aromatic nitrogens is 1. The number of rotatable bonds is 5. The molecule has 0 amide bonds. The van der Waals surface area contributed by atoms with Crippen molar-refractivity contribution in [2.24, 2.45) is 0 Å². The maximum absolute atomic E-state index is 12.2. The van der Waals surface area contributed by atoms with Gasteiger partial charge in [-0.05, 0) is 39.8 Å². The van der Waals surface area contributed by atoms with Crippen LogP contribution in [0.5, 0.6) is 0 Å². The van der Waals surface area contributed by atoms with Gasteiger partial charge >= 0.3 is 4.87 Å². The Morgan fingerprint density at radius 2 is 2.05 bits per heavy atom. The lowest BCUT2D eigenvalue weighted by Gasteiger charge is -2.20. The Morgan fingerprint density at radius 3 is 2.58 bits per heavy atom. The lowest BCUT2D eigenvalue weighted by molar-refractivity contribution is 0.313. The predicted octanol–water partition coefficient (Wildman–Crippen LogP) is 0.507. The minimum Gasteiger partial charge on any atom is -0.315 e. The van der Waals surface area contributed by atoms with Gasteiger partial charge in [0, 0.05) is 18.3 Å². The quantitative estimate of drug-likeness (QED) is 0.830. The molecule has 1 fully saturated rings. The summed E-state index contributed by atoms with van der Waals surface area (Å²) < 4.78 is 27.1. The van der Waals surface area contributed by atoms with Crippen LogP contribution in [0.4, 0.5) is 0 Å². The molecule has 0 bridgehead atoms. The Bertz CT molecular complexity index is 585. The predicted molar refractivity (Wildman–Crippen MR) is 75.1 cm³/mol. The summed E-state index contributed by atoms with van der Waals surface area (Å²) in [6.07, 6.45) is 2.36. The Labute approximate surface area is 116 Å². The fourth-order valence-electron chi connectivity index (χ4n) is 2.35. The molecule has 0 saturated carbocycles. The topological polar surface area (TPSA) is 82.3 Å². The third-order valence-corrected chi connectivity index (χ3v) is 6.31. The van der Waals surface area contributed by atoms with Crippen molar-refractivity contribution in [1.82, 2.24) is 14.6 Å². The first-order chi connectivity index (χ1) is 8.88. The van der Waals surface area contributed by atoms with Gasteiger partial charge in [0.2, 0.25) is 0 Å². The van der Waals surface area contributed by atoms with E-state index in [9.17, 15) is 13.2 Å². The van der Waals surface area contributed by atoms with E-state index in [1.807, 2.05) is 6.92 Å². The molecular weight excluding hydrogens is 286 g/mol. The third kappa shape index (κ3) is 3.65. The molecule has 1 atom stereocenters. The first-order valence-electron chi connectivity index (χ1n) is 6.33. The summed E-state index contributed by atoms with van der Waals surface area (Å²) >= 11 is 0.731. The number of aromatic amines is 1. The second kappa shape index (κ2) is 5.74. The molecule has 0 aromatic carbocycles. The molecule has 1 aromatic heterocycles. The summed E-state index contributed by atoms with van der Waals surface area (Å²) in [5, 5.41) is 0. The Morgan fingerprint density at radius 1 is 1.42 bits per heavy atom. The number of nitrogens with zero attached hydrogens (tertiary/aromatic N) is 1. The van der Waals surface area contributed by atoms with Crippen LogP contribution in [-0.4, -0.2) is 44.0 Å². The number of hydrogen-bond donors (Lipinski definition) is 2. The standard InChI is InChI=1S/C11H19N3O3S2/c1-8(7-14-5-3-4-6-14)13-19(16,17)10-9(2)12-11(15)18-10/h8,13H,3-7H2,1-2H3,(H,12,15). The van der Waals surface area contributed by atoms with Crippen LogP contribution in [0.3, 0.4) is 0 Å². The van der Waals surface area contributed by atoms with E-state index in [0.717, 1.165) is 24.4 Å². The van der Waals surface area contributed by atoms with Gasteiger partial charge in [-0.3, -0.25) is 4.79 Å². The SMILES string of the molecule is Cc1[nH]c(=O)sc1S(=O)(=O)NC(C)CN1CCCC1. The molecule has 0 radical (unpaired) electrons. The molecule has 108 valence electrons. The number of aryl methyl sites for hydroxylation is 1. The molecule has 2 N–H and O–H groups in total. The summed E-state index contributed by atoms with van der Waals surface area (Å²) in [6, 6.07) is -0.167. The van der Waals surface area contributed by atoms with Gasteiger partial charge in [0.25, 0.3) is 10.0 Å². The number of hydrogen-bond acceptors (Lipinski definition) is 5. The van der Waals surface area contributed by atoms with Crippen LogP contribution in [0, 0.1) is 6.92 Å². The van der Waals surface area contributed by atoms with E-state index in [1.165, 1.54) is 12.8 Å². The van der Waals surface area contributed by atoms with Crippen molar-refractivity contribution < 1.29 is 8.42 Å². The van der Waals surface area contributed by atoms with Crippen molar-refractivity contribution >= 4 is 21.4 Å². The smallest absolute Gasteiger partial charge is 0.305 e. The molecule has 6 nitrogen and oxygen atoms in total. The molecule has 8 heteroatoms. The van der Waals surface area contributed by atoms with E-state index in [4.69, 9.17) is 0 Å². The molecule has 19 heavy (non-hydrogen) atoms. The fourth-order valence-corrected chi connectivity index (χ4v) is 4.91. The highest BCUT2D eigenvalue weighted by Crippen LogP contribution is 2.16. The van der Waals surface area contributed by atoms with E-state index < -0.39 is 10.0 Å². The Kier molecular flexibility index (Phi) is 4.44. The zero-order chi connectivity index (χ0) is 14.0. The van der Waals surface area contributed by atoms with Crippen LogP contribution >= 0.6 is 11.3 Å². The molecule has 0 spiro atoms. The van der Waals surface area contributed by atoms with Gasteiger partial charge in [0.05, 0.1) is 0 Å². The summed E-state index contributed by atoms with van der Waals surface area (Å²) in [5.41, 5.74) is 0.399. The van der Waals surface area contributed by atoms with Gasteiger partial charge in [-0.1, -0.05) is 11.3 Å².